The van der Waals surface area contributed by atoms with Crippen LogP contribution in [0.1, 0.15) is 13.8 Å². The van der Waals surface area contributed by atoms with Gasteiger partial charge in [-0.15, -0.1) is 0 Å². The van der Waals surface area contributed by atoms with Crippen molar-refractivity contribution in [1.29, 1.82) is 0 Å². The van der Waals surface area contributed by atoms with E-state index in [0.29, 0.717) is 35.8 Å². The minimum Gasteiger partial charge on any atom is -0.496 e. The highest BCUT2D eigenvalue weighted by Gasteiger charge is 2.21. The van der Waals surface area contributed by atoms with E-state index in [9.17, 15) is 9.59 Å². The highest BCUT2D eigenvalue weighted by molar-refractivity contribution is 9.10. The summed E-state index contributed by atoms with van der Waals surface area (Å²) in [5, 5.41) is 0. The van der Waals surface area contributed by atoms with Crippen LogP contribution in [0, 0.1) is 0 Å². The minimum atomic E-state index is -0.339. The molecule has 0 unspecified atom stereocenters. The van der Waals surface area contributed by atoms with Crippen molar-refractivity contribution in [1.82, 2.24) is 18.7 Å². The molecule has 0 aliphatic heterocycles. The smallest absolute Gasteiger partial charge is 0.332 e. The van der Waals surface area contributed by atoms with Crippen LogP contribution in [0.2, 0.25) is 0 Å². The number of rotatable bonds is 4. The standard InChI is InChI=1S/C17H19BrN4O3/c1-5-21-15-13(16(23)22(6-2)17(21)24)20(3)14(19-15)11-9-10(18)7-8-12(11)25-4/h7-9H,5-6H2,1-4H3. The highest BCUT2D eigenvalue weighted by atomic mass is 79.9. The molecule has 2 heterocycles. The third kappa shape index (κ3) is 2.60. The van der Waals surface area contributed by atoms with E-state index in [1.54, 1.807) is 25.6 Å². The lowest BCUT2D eigenvalue weighted by Gasteiger charge is -2.09. The number of fused-ring (bicyclic) bond motifs is 1. The van der Waals surface area contributed by atoms with Crippen molar-refractivity contribution in [2.24, 2.45) is 7.05 Å². The van der Waals surface area contributed by atoms with Gasteiger partial charge in [-0.05, 0) is 32.0 Å². The molecule has 3 aromatic rings. The summed E-state index contributed by atoms with van der Waals surface area (Å²) in [6, 6.07) is 5.58. The van der Waals surface area contributed by atoms with Gasteiger partial charge in [-0.2, -0.15) is 0 Å². The zero-order valence-electron chi connectivity index (χ0n) is 14.5. The Labute approximate surface area is 152 Å². The fourth-order valence-electron chi connectivity index (χ4n) is 3.02. The van der Waals surface area contributed by atoms with Crippen LogP contribution in [0.5, 0.6) is 5.75 Å². The summed E-state index contributed by atoms with van der Waals surface area (Å²) in [5.74, 6) is 1.21. The molecule has 0 spiro atoms. The van der Waals surface area contributed by atoms with Crippen molar-refractivity contribution in [3.05, 3.63) is 43.5 Å². The molecule has 0 saturated carbocycles. The molecule has 0 bridgehead atoms. The molecule has 7 nitrogen and oxygen atoms in total. The lowest BCUT2D eigenvalue weighted by molar-refractivity contribution is 0.416. The third-order valence-corrected chi connectivity index (χ3v) is 4.77. The monoisotopic (exact) mass is 406 g/mol. The summed E-state index contributed by atoms with van der Waals surface area (Å²) in [6.45, 7) is 4.39. The molecule has 0 amide bonds. The van der Waals surface area contributed by atoms with Gasteiger partial charge in [0.05, 0.1) is 12.7 Å². The number of hydrogen-bond acceptors (Lipinski definition) is 4. The molecule has 0 N–H and O–H groups in total. The number of nitrogens with zero attached hydrogens (tertiary/aromatic N) is 4. The molecule has 3 rings (SSSR count). The Kier molecular flexibility index (Phi) is 4.55. The van der Waals surface area contributed by atoms with Gasteiger partial charge in [0.1, 0.15) is 11.6 Å². The SMILES string of the molecule is CCn1c(=O)c2c(nc(-c3cc(Br)ccc3OC)n2C)n(CC)c1=O. The largest absolute Gasteiger partial charge is 0.496 e. The lowest BCUT2D eigenvalue weighted by atomic mass is 10.2. The maximum atomic E-state index is 12.8. The number of ether oxygens (including phenoxy) is 1. The van der Waals surface area contributed by atoms with Crippen LogP contribution in [-0.2, 0) is 20.1 Å². The highest BCUT2D eigenvalue weighted by Crippen LogP contribution is 2.32. The minimum absolute atomic E-state index is 0.314. The van der Waals surface area contributed by atoms with E-state index in [1.807, 2.05) is 25.1 Å². The van der Waals surface area contributed by atoms with Gasteiger partial charge in [0.25, 0.3) is 5.56 Å². The Morgan fingerprint density at radius 3 is 2.44 bits per heavy atom. The summed E-state index contributed by atoms with van der Waals surface area (Å²) < 4.78 is 10.8. The second kappa shape index (κ2) is 6.51. The number of benzene rings is 1. The number of methoxy groups -OCH3 is 1. The van der Waals surface area contributed by atoms with E-state index in [2.05, 4.69) is 20.9 Å². The average molecular weight is 407 g/mol. The van der Waals surface area contributed by atoms with E-state index >= 15 is 0 Å². The van der Waals surface area contributed by atoms with Crippen molar-refractivity contribution in [3.63, 3.8) is 0 Å². The summed E-state index contributed by atoms with van der Waals surface area (Å²) in [7, 11) is 3.36. The predicted octanol–water partition coefficient (Wildman–Crippen LogP) is 2.37. The van der Waals surface area contributed by atoms with E-state index in [1.165, 1.54) is 9.13 Å². The summed E-state index contributed by atoms with van der Waals surface area (Å²) in [5.41, 5.74) is 0.867. The maximum Gasteiger partial charge on any atom is 0.332 e. The van der Waals surface area contributed by atoms with E-state index in [-0.39, 0.29) is 11.2 Å². The summed E-state index contributed by atoms with van der Waals surface area (Å²) in [4.78, 5) is 29.9. The summed E-state index contributed by atoms with van der Waals surface area (Å²) >= 11 is 3.45. The van der Waals surface area contributed by atoms with Gasteiger partial charge in [0.15, 0.2) is 11.2 Å². The van der Waals surface area contributed by atoms with Crippen LogP contribution in [-0.4, -0.2) is 25.8 Å². The van der Waals surface area contributed by atoms with Crippen molar-refractivity contribution in [2.45, 2.75) is 26.9 Å². The van der Waals surface area contributed by atoms with E-state index in [4.69, 9.17) is 4.74 Å². The van der Waals surface area contributed by atoms with Gasteiger partial charge in [-0.1, -0.05) is 15.9 Å². The molecular formula is C17H19BrN4O3. The average Bonchev–Trinajstić information content (AvgIpc) is 2.93. The molecule has 2 aromatic heterocycles. The first-order valence-corrected chi connectivity index (χ1v) is 8.77. The van der Waals surface area contributed by atoms with Crippen molar-refractivity contribution in [2.75, 3.05) is 7.11 Å². The van der Waals surface area contributed by atoms with Crippen LogP contribution >= 0.6 is 15.9 Å². The zero-order chi connectivity index (χ0) is 18.3. The Hall–Kier alpha value is -2.35. The Morgan fingerprint density at radius 1 is 1.16 bits per heavy atom. The van der Waals surface area contributed by atoms with Gasteiger partial charge >= 0.3 is 5.69 Å². The van der Waals surface area contributed by atoms with Crippen LogP contribution in [0.4, 0.5) is 0 Å². The Morgan fingerprint density at radius 2 is 1.84 bits per heavy atom. The Balaban J connectivity index is 2.47. The third-order valence-electron chi connectivity index (χ3n) is 4.28. The molecule has 25 heavy (non-hydrogen) atoms. The fraction of sp³-hybridized carbons (Fsp3) is 0.353. The van der Waals surface area contributed by atoms with Gasteiger partial charge in [0, 0.05) is 24.6 Å². The first kappa shape index (κ1) is 17.5. The quantitative estimate of drug-likeness (QED) is 0.666. The molecule has 0 saturated heterocycles. The molecular weight excluding hydrogens is 388 g/mol. The van der Waals surface area contributed by atoms with Crippen molar-refractivity contribution >= 4 is 27.1 Å². The molecule has 132 valence electrons. The normalized spacial score (nSPS) is 11.2. The molecule has 0 atom stereocenters. The second-order valence-corrected chi connectivity index (χ2v) is 6.50. The fourth-order valence-corrected chi connectivity index (χ4v) is 3.38. The van der Waals surface area contributed by atoms with Crippen LogP contribution in [0.3, 0.4) is 0 Å². The second-order valence-electron chi connectivity index (χ2n) is 5.59. The molecule has 0 radical (unpaired) electrons. The van der Waals surface area contributed by atoms with Gasteiger partial charge < -0.3 is 9.30 Å². The van der Waals surface area contributed by atoms with Crippen molar-refractivity contribution < 1.29 is 4.74 Å². The van der Waals surface area contributed by atoms with Crippen LogP contribution in [0.15, 0.2) is 32.3 Å². The lowest BCUT2D eigenvalue weighted by Crippen LogP contribution is -2.39. The van der Waals surface area contributed by atoms with E-state index in [0.717, 1.165) is 10.0 Å². The molecule has 1 aromatic carbocycles. The van der Waals surface area contributed by atoms with Gasteiger partial charge in [-0.3, -0.25) is 13.9 Å². The number of hydrogen-bond donors (Lipinski definition) is 0. The maximum absolute atomic E-state index is 12.8. The van der Waals surface area contributed by atoms with Gasteiger partial charge in [0.2, 0.25) is 0 Å². The van der Waals surface area contributed by atoms with Crippen LogP contribution < -0.4 is 16.0 Å². The Bertz CT molecular complexity index is 1080. The molecule has 0 fully saturated rings. The van der Waals surface area contributed by atoms with Crippen molar-refractivity contribution in [3.8, 4) is 17.1 Å². The number of imidazole rings is 1. The summed E-state index contributed by atoms with van der Waals surface area (Å²) in [6.07, 6.45) is 0. The number of halogens is 1. The molecule has 0 aliphatic carbocycles. The molecule has 8 heteroatoms. The number of aryl methyl sites for hydroxylation is 2. The first-order chi connectivity index (χ1) is 11.9. The van der Waals surface area contributed by atoms with E-state index < -0.39 is 0 Å². The van der Waals surface area contributed by atoms with Crippen LogP contribution in [0.25, 0.3) is 22.6 Å². The van der Waals surface area contributed by atoms with Gasteiger partial charge in [-0.25, -0.2) is 9.78 Å². The molecule has 0 aliphatic rings. The topological polar surface area (TPSA) is 71.1 Å². The zero-order valence-corrected chi connectivity index (χ0v) is 16.1. The number of aromatic nitrogens is 4. The first-order valence-electron chi connectivity index (χ1n) is 7.98. The predicted molar refractivity (Wildman–Crippen MR) is 100 cm³/mol.